The number of rotatable bonds is 8. The van der Waals surface area contributed by atoms with Crippen molar-refractivity contribution >= 4 is 51.5 Å². The van der Waals surface area contributed by atoms with Crippen molar-refractivity contribution in [3.8, 4) is 5.75 Å². The molecule has 3 aromatic rings. The topological polar surface area (TPSA) is 80.3 Å². The number of halogens is 2. The molecule has 2 amide bonds. The Morgan fingerprint density at radius 2 is 1.90 bits per heavy atom. The van der Waals surface area contributed by atoms with E-state index in [1.807, 2.05) is 24.3 Å². The van der Waals surface area contributed by atoms with E-state index in [4.69, 9.17) is 27.9 Å². The Morgan fingerprint density at radius 3 is 2.58 bits per heavy atom. The van der Waals surface area contributed by atoms with Gasteiger partial charge < -0.3 is 15.4 Å². The van der Waals surface area contributed by atoms with E-state index < -0.39 is 6.04 Å². The molecule has 1 heterocycles. The molecular formula is C22H21Cl2N3O3S. The van der Waals surface area contributed by atoms with Crippen LogP contribution in [-0.2, 0) is 16.0 Å². The fraction of sp³-hybridized carbons (Fsp3) is 0.227. The van der Waals surface area contributed by atoms with E-state index >= 15 is 0 Å². The van der Waals surface area contributed by atoms with E-state index in [-0.39, 0.29) is 18.2 Å². The number of carbonyl (C=O) groups excluding carboxylic acids is 2. The van der Waals surface area contributed by atoms with E-state index in [9.17, 15) is 9.59 Å². The molecule has 9 heteroatoms. The molecule has 31 heavy (non-hydrogen) atoms. The van der Waals surface area contributed by atoms with Crippen molar-refractivity contribution in [3.05, 3.63) is 74.7 Å². The fourth-order valence-electron chi connectivity index (χ4n) is 3.01. The summed E-state index contributed by atoms with van der Waals surface area (Å²) >= 11 is 13.7. The summed E-state index contributed by atoms with van der Waals surface area (Å²) in [4.78, 5) is 29.4. The van der Waals surface area contributed by atoms with Crippen LogP contribution in [0, 0.1) is 0 Å². The van der Waals surface area contributed by atoms with Crippen molar-refractivity contribution in [2.45, 2.75) is 25.8 Å². The summed E-state index contributed by atoms with van der Waals surface area (Å²) < 4.78 is 5.16. The van der Waals surface area contributed by atoms with Gasteiger partial charge in [0, 0.05) is 24.4 Å². The molecule has 0 aliphatic carbocycles. The first-order valence-electron chi connectivity index (χ1n) is 9.44. The third-order valence-corrected chi connectivity index (χ3v) is 6.25. The van der Waals surface area contributed by atoms with Gasteiger partial charge in [-0.15, -0.1) is 11.3 Å². The zero-order valence-electron chi connectivity index (χ0n) is 16.9. The van der Waals surface area contributed by atoms with Crippen LogP contribution in [0.1, 0.15) is 35.4 Å². The minimum absolute atomic E-state index is 0.0704. The number of ether oxygens (including phenoxy) is 1. The Balaban J connectivity index is 1.65. The number of hydrogen-bond donors (Lipinski definition) is 2. The van der Waals surface area contributed by atoms with Crippen molar-refractivity contribution < 1.29 is 14.3 Å². The number of methoxy groups -OCH3 is 1. The fourth-order valence-corrected chi connectivity index (χ4v) is 4.25. The number of nitrogens with zero attached hydrogens (tertiary/aromatic N) is 1. The van der Waals surface area contributed by atoms with Crippen LogP contribution in [0.15, 0.2) is 48.7 Å². The van der Waals surface area contributed by atoms with Crippen molar-refractivity contribution in [1.82, 2.24) is 10.3 Å². The first-order valence-corrected chi connectivity index (χ1v) is 11.0. The van der Waals surface area contributed by atoms with E-state index in [1.165, 1.54) is 18.3 Å². The Hall–Kier alpha value is -2.61. The molecule has 0 saturated heterocycles. The first kappa shape index (κ1) is 23.1. The largest absolute Gasteiger partial charge is 0.497 e. The lowest BCUT2D eigenvalue weighted by atomic mass is 10.0. The van der Waals surface area contributed by atoms with E-state index in [0.717, 1.165) is 16.0 Å². The van der Waals surface area contributed by atoms with Gasteiger partial charge in [0.1, 0.15) is 5.75 Å². The molecular weight excluding hydrogens is 457 g/mol. The molecule has 0 saturated carbocycles. The molecule has 0 radical (unpaired) electrons. The quantitative estimate of drug-likeness (QED) is 0.463. The van der Waals surface area contributed by atoms with Crippen LogP contribution in [0.5, 0.6) is 5.75 Å². The standard InChI is InChI=1S/C22H21Cl2N3O3S/c1-13(28)26-19(14-6-8-16(30-2)9-7-14)11-20(29)27-22-25-12-17(31-22)10-15-4-3-5-18(23)21(15)24/h3-9,12,19H,10-11H2,1-2H3,(H,26,28)(H,25,27,29). The normalized spacial score (nSPS) is 11.6. The summed E-state index contributed by atoms with van der Waals surface area (Å²) in [6.45, 7) is 1.42. The molecule has 0 spiro atoms. The molecule has 1 atom stereocenters. The van der Waals surface area contributed by atoms with E-state index in [2.05, 4.69) is 15.6 Å². The summed E-state index contributed by atoms with van der Waals surface area (Å²) in [5.74, 6) is 0.227. The minimum atomic E-state index is -0.465. The number of aromatic nitrogens is 1. The molecule has 2 aromatic carbocycles. The molecule has 0 aliphatic rings. The number of anilines is 1. The molecule has 0 bridgehead atoms. The predicted octanol–water partition coefficient (Wildman–Crippen LogP) is 5.26. The predicted molar refractivity (Wildman–Crippen MR) is 124 cm³/mol. The van der Waals surface area contributed by atoms with Gasteiger partial charge in [-0.25, -0.2) is 4.98 Å². The van der Waals surface area contributed by atoms with Gasteiger partial charge in [-0.2, -0.15) is 0 Å². The average Bonchev–Trinajstić information content (AvgIpc) is 3.17. The van der Waals surface area contributed by atoms with Gasteiger partial charge in [0.15, 0.2) is 5.13 Å². The summed E-state index contributed by atoms with van der Waals surface area (Å²) in [6, 6.07) is 12.2. The Kier molecular flexibility index (Phi) is 7.90. The average molecular weight is 478 g/mol. The summed E-state index contributed by atoms with van der Waals surface area (Å²) in [5, 5.41) is 7.11. The van der Waals surface area contributed by atoms with Gasteiger partial charge in [0.05, 0.1) is 29.6 Å². The highest BCUT2D eigenvalue weighted by Crippen LogP contribution is 2.30. The van der Waals surface area contributed by atoms with Gasteiger partial charge in [0.2, 0.25) is 11.8 Å². The monoisotopic (exact) mass is 477 g/mol. The molecule has 2 N–H and O–H groups in total. The summed E-state index contributed by atoms with van der Waals surface area (Å²) in [7, 11) is 1.58. The lowest BCUT2D eigenvalue weighted by molar-refractivity contribution is -0.120. The molecule has 0 aliphatic heterocycles. The summed E-state index contributed by atoms with van der Waals surface area (Å²) in [5.41, 5.74) is 1.70. The van der Waals surface area contributed by atoms with Gasteiger partial charge in [-0.05, 0) is 29.3 Å². The number of hydrogen-bond acceptors (Lipinski definition) is 5. The molecule has 1 aromatic heterocycles. The second-order valence-electron chi connectivity index (χ2n) is 6.80. The third-order valence-electron chi connectivity index (χ3n) is 4.48. The van der Waals surface area contributed by atoms with Crippen LogP contribution in [-0.4, -0.2) is 23.9 Å². The van der Waals surface area contributed by atoms with Crippen LogP contribution < -0.4 is 15.4 Å². The van der Waals surface area contributed by atoms with Crippen LogP contribution >= 0.6 is 34.5 Å². The zero-order chi connectivity index (χ0) is 22.4. The van der Waals surface area contributed by atoms with Gasteiger partial charge >= 0.3 is 0 Å². The highest BCUT2D eigenvalue weighted by molar-refractivity contribution is 7.15. The highest BCUT2D eigenvalue weighted by atomic mass is 35.5. The maximum atomic E-state index is 12.6. The lowest BCUT2D eigenvalue weighted by Crippen LogP contribution is -2.29. The first-order chi connectivity index (χ1) is 14.9. The molecule has 0 fully saturated rings. The number of carbonyl (C=O) groups is 2. The van der Waals surface area contributed by atoms with Crippen molar-refractivity contribution in [2.75, 3.05) is 12.4 Å². The number of benzene rings is 2. The van der Waals surface area contributed by atoms with Gasteiger partial charge in [-0.1, -0.05) is 47.5 Å². The van der Waals surface area contributed by atoms with E-state index in [0.29, 0.717) is 27.3 Å². The Bertz CT molecular complexity index is 1070. The number of nitrogens with one attached hydrogen (secondary N) is 2. The van der Waals surface area contributed by atoms with Crippen LogP contribution in [0.2, 0.25) is 10.0 Å². The number of amides is 2. The number of thiazole rings is 1. The maximum absolute atomic E-state index is 12.6. The second-order valence-corrected chi connectivity index (χ2v) is 8.70. The summed E-state index contributed by atoms with van der Waals surface area (Å²) in [6.07, 6.45) is 2.33. The SMILES string of the molecule is COc1ccc(C(CC(=O)Nc2ncc(Cc3cccc(Cl)c3Cl)s2)NC(C)=O)cc1. The van der Waals surface area contributed by atoms with Crippen LogP contribution in [0.25, 0.3) is 0 Å². The minimum Gasteiger partial charge on any atom is -0.497 e. The van der Waals surface area contributed by atoms with E-state index in [1.54, 1.807) is 31.5 Å². The maximum Gasteiger partial charge on any atom is 0.228 e. The highest BCUT2D eigenvalue weighted by Gasteiger charge is 2.18. The van der Waals surface area contributed by atoms with Crippen LogP contribution in [0.3, 0.4) is 0 Å². The van der Waals surface area contributed by atoms with Crippen molar-refractivity contribution in [1.29, 1.82) is 0 Å². The van der Waals surface area contributed by atoms with Crippen molar-refractivity contribution in [3.63, 3.8) is 0 Å². The van der Waals surface area contributed by atoms with Crippen molar-refractivity contribution in [2.24, 2.45) is 0 Å². The van der Waals surface area contributed by atoms with Crippen LogP contribution in [0.4, 0.5) is 5.13 Å². The second kappa shape index (κ2) is 10.6. The Labute approximate surface area is 194 Å². The lowest BCUT2D eigenvalue weighted by Gasteiger charge is -2.18. The van der Waals surface area contributed by atoms with Gasteiger partial charge in [-0.3, -0.25) is 9.59 Å². The molecule has 6 nitrogen and oxygen atoms in total. The molecule has 162 valence electrons. The molecule has 3 rings (SSSR count). The smallest absolute Gasteiger partial charge is 0.228 e. The Morgan fingerprint density at radius 1 is 1.16 bits per heavy atom. The third kappa shape index (κ3) is 6.43. The zero-order valence-corrected chi connectivity index (χ0v) is 19.3. The van der Waals surface area contributed by atoms with Gasteiger partial charge in [0.25, 0.3) is 0 Å². The molecule has 1 unspecified atom stereocenters.